The van der Waals surface area contributed by atoms with Crippen LogP contribution in [0.5, 0.6) is 0 Å². The van der Waals surface area contributed by atoms with Crippen LogP contribution < -0.4 is 0 Å². The van der Waals surface area contributed by atoms with E-state index < -0.39 is 0 Å². The first-order valence-electron chi connectivity index (χ1n) is 20.3. The van der Waals surface area contributed by atoms with Gasteiger partial charge in [-0.3, -0.25) is 0 Å². The lowest BCUT2D eigenvalue weighted by Gasteiger charge is -2.16. The lowest BCUT2D eigenvalue weighted by Crippen LogP contribution is -2.04. The Morgan fingerprint density at radius 2 is 0.833 bits per heavy atom. The molecule has 0 amide bonds. The highest BCUT2D eigenvalue weighted by Gasteiger charge is 2.22. The van der Waals surface area contributed by atoms with Crippen molar-refractivity contribution in [2.24, 2.45) is 0 Å². The molecule has 0 saturated carbocycles. The quantitative estimate of drug-likeness (QED) is 0.169. The molecule has 12 rings (SSSR count). The minimum atomic E-state index is 0.599. The molecule has 5 nitrogen and oxygen atoms in total. The number of benzene rings is 9. The molecule has 12 aromatic rings. The second-order valence-corrected chi connectivity index (χ2v) is 15.2. The smallest absolute Gasteiger partial charge is 0.166 e. The van der Waals surface area contributed by atoms with E-state index in [1.165, 1.54) is 26.9 Å². The van der Waals surface area contributed by atoms with E-state index in [1.807, 2.05) is 6.07 Å². The lowest BCUT2D eigenvalue weighted by atomic mass is 10.0. The Kier molecular flexibility index (Phi) is 7.78. The van der Waals surface area contributed by atoms with Gasteiger partial charge in [-0.1, -0.05) is 152 Å². The van der Waals surface area contributed by atoms with Gasteiger partial charge in [-0.15, -0.1) is 0 Å². The number of hydrogen-bond acceptors (Lipinski definition) is 3. The van der Waals surface area contributed by atoms with E-state index in [0.717, 1.165) is 66.6 Å². The van der Waals surface area contributed by atoms with Gasteiger partial charge in [0.2, 0.25) is 0 Å². The summed E-state index contributed by atoms with van der Waals surface area (Å²) in [6, 6.07) is 75.0. The van der Waals surface area contributed by atoms with Crippen molar-refractivity contribution in [2.45, 2.75) is 0 Å². The normalized spacial score (nSPS) is 11.7. The van der Waals surface area contributed by atoms with E-state index in [9.17, 15) is 0 Å². The summed E-state index contributed by atoms with van der Waals surface area (Å²) in [4.78, 5) is 16.2. The third-order valence-corrected chi connectivity index (χ3v) is 11.7. The van der Waals surface area contributed by atoms with Gasteiger partial charge in [-0.05, 0) is 82.6 Å². The fraction of sp³-hybridized carbons (Fsp3) is 0. The van der Waals surface area contributed by atoms with Gasteiger partial charge < -0.3 is 9.13 Å². The van der Waals surface area contributed by atoms with Gasteiger partial charge in [0.25, 0.3) is 0 Å². The maximum absolute atomic E-state index is 5.47. The maximum Gasteiger partial charge on any atom is 0.166 e. The SMILES string of the molecule is c1ccc(-c2cccc(-c3nc(-c4ccccc4-n4c5ccccc5c5cc6ccccc6cc54)nc(-c4cccc5c6ccccc6n(-c6ccccc6)c45)n3)c2)cc1. The van der Waals surface area contributed by atoms with E-state index in [-0.39, 0.29) is 0 Å². The molecule has 0 atom stereocenters. The zero-order valence-electron chi connectivity index (χ0n) is 32.4. The van der Waals surface area contributed by atoms with Gasteiger partial charge in [0.05, 0.1) is 27.8 Å². The van der Waals surface area contributed by atoms with Crippen LogP contribution in [0.3, 0.4) is 0 Å². The minimum Gasteiger partial charge on any atom is -0.309 e. The van der Waals surface area contributed by atoms with Gasteiger partial charge in [0.15, 0.2) is 17.5 Å². The summed E-state index contributed by atoms with van der Waals surface area (Å²) < 4.78 is 4.72. The van der Waals surface area contributed by atoms with Crippen molar-refractivity contribution in [3.8, 4) is 56.7 Å². The fourth-order valence-electron chi connectivity index (χ4n) is 9.03. The van der Waals surface area contributed by atoms with E-state index in [1.54, 1.807) is 0 Å². The standard InChI is InChI=1S/C55H35N5/c1-3-17-36(18-4-1)37-21-15-22-40(33-37)53-56-54(58-55(57-53)46-29-16-28-44-42-25-9-12-30-48(42)59(52(44)46)41-23-5-2-6-24-41)45-27-11-14-32-50(45)60-49-31-13-10-26-43(49)47-34-38-19-7-8-20-39(38)35-51(47)60/h1-35H. The molecule has 0 aliphatic carbocycles. The Morgan fingerprint density at radius 1 is 0.300 bits per heavy atom. The van der Waals surface area contributed by atoms with Crippen molar-refractivity contribution in [2.75, 3.05) is 0 Å². The van der Waals surface area contributed by atoms with Crippen LogP contribution in [0.4, 0.5) is 0 Å². The molecule has 0 radical (unpaired) electrons. The summed E-state index contributed by atoms with van der Waals surface area (Å²) in [6.07, 6.45) is 0. The summed E-state index contributed by atoms with van der Waals surface area (Å²) in [5, 5.41) is 7.12. The van der Waals surface area contributed by atoms with Crippen LogP contribution in [0.25, 0.3) is 111 Å². The Hall–Kier alpha value is -8.15. The summed E-state index contributed by atoms with van der Waals surface area (Å²) in [5.74, 6) is 1.81. The number of para-hydroxylation sites is 5. The van der Waals surface area contributed by atoms with Crippen LogP contribution >= 0.6 is 0 Å². The molecule has 0 spiro atoms. The molecular formula is C55H35N5. The van der Waals surface area contributed by atoms with Crippen LogP contribution in [0.15, 0.2) is 212 Å². The highest BCUT2D eigenvalue weighted by atomic mass is 15.1. The molecule has 0 N–H and O–H groups in total. The molecule has 0 aliphatic rings. The number of fused-ring (bicyclic) bond motifs is 7. The third kappa shape index (κ3) is 5.44. The molecular weight excluding hydrogens is 731 g/mol. The highest BCUT2D eigenvalue weighted by Crippen LogP contribution is 2.40. The summed E-state index contributed by atoms with van der Waals surface area (Å²) in [7, 11) is 0. The number of hydrogen-bond donors (Lipinski definition) is 0. The van der Waals surface area contributed by atoms with Crippen LogP contribution in [0, 0.1) is 0 Å². The first kappa shape index (κ1) is 33.9. The lowest BCUT2D eigenvalue weighted by molar-refractivity contribution is 1.06. The van der Waals surface area contributed by atoms with Crippen molar-refractivity contribution in [3.05, 3.63) is 212 Å². The summed E-state index contributed by atoms with van der Waals surface area (Å²) in [6.45, 7) is 0. The molecule has 5 heteroatoms. The molecule has 9 aromatic carbocycles. The fourth-order valence-corrected chi connectivity index (χ4v) is 9.03. The molecule has 3 aromatic heterocycles. The number of rotatable bonds is 6. The zero-order chi connectivity index (χ0) is 39.6. The van der Waals surface area contributed by atoms with Crippen molar-refractivity contribution >= 4 is 54.4 Å². The van der Waals surface area contributed by atoms with E-state index in [2.05, 4.69) is 215 Å². The molecule has 0 fully saturated rings. The Morgan fingerprint density at radius 3 is 1.63 bits per heavy atom. The van der Waals surface area contributed by atoms with Gasteiger partial charge in [0, 0.05) is 43.9 Å². The van der Waals surface area contributed by atoms with Gasteiger partial charge >= 0.3 is 0 Å². The second-order valence-electron chi connectivity index (χ2n) is 15.2. The van der Waals surface area contributed by atoms with Crippen LogP contribution in [0.2, 0.25) is 0 Å². The van der Waals surface area contributed by atoms with E-state index >= 15 is 0 Å². The maximum atomic E-state index is 5.47. The van der Waals surface area contributed by atoms with Crippen molar-refractivity contribution in [1.29, 1.82) is 0 Å². The van der Waals surface area contributed by atoms with Gasteiger partial charge in [0.1, 0.15) is 0 Å². The van der Waals surface area contributed by atoms with Crippen LogP contribution in [-0.4, -0.2) is 24.1 Å². The van der Waals surface area contributed by atoms with Crippen molar-refractivity contribution in [3.63, 3.8) is 0 Å². The van der Waals surface area contributed by atoms with Gasteiger partial charge in [-0.2, -0.15) is 0 Å². The molecule has 280 valence electrons. The first-order valence-corrected chi connectivity index (χ1v) is 20.3. The molecule has 0 saturated heterocycles. The van der Waals surface area contributed by atoms with Crippen LogP contribution in [0.1, 0.15) is 0 Å². The van der Waals surface area contributed by atoms with Crippen molar-refractivity contribution < 1.29 is 0 Å². The molecule has 0 unspecified atom stereocenters. The van der Waals surface area contributed by atoms with Crippen molar-refractivity contribution in [1.82, 2.24) is 24.1 Å². The third-order valence-electron chi connectivity index (χ3n) is 11.7. The van der Waals surface area contributed by atoms with E-state index in [4.69, 9.17) is 15.0 Å². The predicted octanol–water partition coefficient (Wildman–Crippen LogP) is 13.9. The Labute approximate surface area is 346 Å². The van der Waals surface area contributed by atoms with Gasteiger partial charge in [-0.25, -0.2) is 15.0 Å². The topological polar surface area (TPSA) is 48.5 Å². The van der Waals surface area contributed by atoms with E-state index in [0.29, 0.717) is 17.5 Å². The molecule has 0 aliphatic heterocycles. The number of aromatic nitrogens is 5. The highest BCUT2D eigenvalue weighted by molar-refractivity contribution is 6.15. The predicted molar refractivity (Wildman–Crippen MR) is 248 cm³/mol. The average molecular weight is 766 g/mol. The van der Waals surface area contributed by atoms with Crippen LogP contribution in [-0.2, 0) is 0 Å². The summed E-state index contributed by atoms with van der Waals surface area (Å²) in [5.41, 5.74) is 11.5. The largest absolute Gasteiger partial charge is 0.309 e. The Bertz CT molecular complexity index is 3600. The monoisotopic (exact) mass is 765 g/mol. The Balaban J connectivity index is 1.15. The first-order chi connectivity index (χ1) is 29.8. The molecule has 3 heterocycles. The zero-order valence-corrected chi connectivity index (χ0v) is 32.4. The summed E-state index contributed by atoms with van der Waals surface area (Å²) >= 11 is 0. The molecule has 0 bridgehead atoms. The minimum absolute atomic E-state index is 0.599. The number of nitrogens with zero attached hydrogens (tertiary/aromatic N) is 5. The molecule has 60 heavy (non-hydrogen) atoms. The average Bonchev–Trinajstić information content (AvgIpc) is 3.83. The second kappa shape index (κ2) is 13.8.